The van der Waals surface area contributed by atoms with E-state index in [9.17, 15) is 9.18 Å². The summed E-state index contributed by atoms with van der Waals surface area (Å²) >= 11 is 0. The molecule has 142 valence electrons. The van der Waals surface area contributed by atoms with Crippen molar-refractivity contribution in [3.63, 3.8) is 0 Å². The highest BCUT2D eigenvalue weighted by molar-refractivity contribution is 6.10. The first-order chi connectivity index (χ1) is 13.6. The molecule has 0 aliphatic carbocycles. The second-order valence-electron chi connectivity index (χ2n) is 6.51. The average Bonchev–Trinajstić information content (AvgIpc) is 3.37. The number of carbonyl (C=O) groups is 1. The van der Waals surface area contributed by atoms with Crippen molar-refractivity contribution in [2.75, 3.05) is 0 Å². The number of furan rings is 1. The zero-order valence-electron chi connectivity index (χ0n) is 15.4. The Hall–Kier alpha value is -3.48. The smallest absolute Gasteiger partial charge is 0.259 e. The Morgan fingerprint density at radius 1 is 1.25 bits per heavy atom. The molecule has 0 aliphatic heterocycles. The molecule has 0 spiro atoms. The van der Waals surface area contributed by atoms with Crippen LogP contribution in [0.3, 0.4) is 0 Å². The minimum absolute atomic E-state index is 0.0282. The van der Waals surface area contributed by atoms with Crippen LogP contribution in [-0.4, -0.2) is 22.1 Å². The maximum Gasteiger partial charge on any atom is 0.259 e. The number of carbonyl (C=O) groups excluding carboxylic acids is 1. The van der Waals surface area contributed by atoms with Gasteiger partial charge in [0.15, 0.2) is 5.76 Å². The van der Waals surface area contributed by atoms with Crippen LogP contribution in [0.15, 0.2) is 57.7 Å². The molecular weight excluding hydrogens is 361 g/mol. The Morgan fingerprint density at radius 3 is 2.79 bits per heavy atom. The highest BCUT2D eigenvalue weighted by Crippen LogP contribution is 2.33. The molecule has 1 unspecified atom stereocenters. The summed E-state index contributed by atoms with van der Waals surface area (Å²) in [6.07, 6.45) is 2.29. The maximum atomic E-state index is 14.4. The zero-order valence-corrected chi connectivity index (χ0v) is 15.4. The van der Waals surface area contributed by atoms with E-state index in [4.69, 9.17) is 8.94 Å². The lowest BCUT2D eigenvalue weighted by Gasteiger charge is -2.12. The van der Waals surface area contributed by atoms with Gasteiger partial charge in [-0.1, -0.05) is 24.2 Å². The molecule has 4 aromatic rings. The van der Waals surface area contributed by atoms with Gasteiger partial charge < -0.3 is 14.3 Å². The van der Waals surface area contributed by atoms with Crippen molar-refractivity contribution in [3.8, 4) is 22.7 Å². The number of hydrogen-bond acceptors (Lipinski definition) is 5. The van der Waals surface area contributed by atoms with Crippen molar-refractivity contribution in [1.82, 2.24) is 15.5 Å². The minimum atomic E-state index is -0.457. The molecule has 0 saturated carbocycles. The number of benzene rings is 1. The molecule has 1 atom stereocenters. The van der Waals surface area contributed by atoms with Gasteiger partial charge in [-0.05, 0) is 43.7 Å². The van der Waals surface area contributed by atoms with E-state index in [0.717, 1.165) is 6.42 Å². The van der Waals surface area contributed by atoms with Crippen LogP contribution in [0.25, 0.3) is 33.8 Å². The number of fused-ring (bicyclic) bond motifs is 1. The summed E-state index contributed by atoms with van der Waals surface area (Å²) in [7, 11) is 0. The summed E-state index contributed by atoms with van der Waals surface area (Å²) in [6.45, 7) is 3.89. The lowest BCUT2D eigenvalue weighted by Crippen LogP contribution is -2.32. The van der Waals surface area contributed by atoms with Gasteiger partial charge in [0.05, 0.1) is 17.2 Å². The van der Waals surface area contributed by atoms with Crippen molar-refractivity contribution < 1.29 is 18.1 Å². The Morgan fingerprint density at radius 2 is 2.07 bits per heavy atom. The lowest BCUT2D eigenvalue weighted by molar-refractivity contribution is 0.0941. The van der Waals surface area contributed by atoms with Gasteiger partial charge in [0, 0.05) is 11.6 Å². The van der Waals surface area contributed by atoms with Crippen LogP contribution in [0.1, 0.15) is 30.6 Å². The largest absolute Gasteiger partial charge is 0.463 e. The topological polar surface area (TPSA) is 81.2 Å². The lowest BCUT2D eigenvalue weighted by atomic mass is 10.0. The predicted octanol–water partition coefficient (Wildman–Crippen LogP) is 4.82. The van der Waals surface area contributed by atoms with Gasteiger partial charge in [-0.25, -0.2) is 9.37 Å². The van der Waals surface area contributed by atoms with Crippen LogP contribution in [-0.2, 0) is 0 Å². The second kappa shape index (κ2) is 7.26. The first kappa shape index (κ1) is 17.9. The number of nitrogens with one attached hydrogen (secondary N) is 1. The van der Waals surface area contributed by atoms with E-state index in [2.05, 4.69) is 15.5 Å². The summed E-state index contributed by atoms with van der Waals surface area (Å²) in [5, 5.41) is 7.30. The normalized spacial score (nSPS) is 12.2. The summed E-state index contributed by atoms with van der Waals surface area (Å²) < 4.78 is 25.1. The van der Waals surface area contributed by atoms with Crippen LogP contribution in [0.5, 0.6) is 0 Å². The number of halogens is 1. The first-order valence-corrected chi connectivity index (χ1v) is 8.98. The van der Waals surface area contributed by atoms with Crippen LogP contribution in [0, 0.1) is 5.82 Å². The Balaban J connectivity index is 1.95. The van der Waals surface area contributed by atoms with Crippen molar-refractivity contribution in [2.45, 2.75) is 26.3 Å². The highest BCUT2D eigenvalue weighted by Gasteiger charge is 2.24. The molecule has 0 saturated heterocycles. The first-order valence-electron chi connectivity index (χ1n) is 8.98. The van der Waals surface area contributed by atoms with E-state index in [-0.39, 0.29) is 28.9 Å². The van der Waals surface area contributed by atoms with E-state index in [0.29, 0.717) is 22.4 Å². The van der Waals surface area contributed by atoms with Crippen LogP contribution in [0.4, 0.5) is 4.39 Å². The highest BCUT2D eigenvalue weighted by atomic mass is 19.1. The van der Waals surface area contributed by atoms with Gasteiger partial charge in [-0.15, -0.1) is 0 Å². The molecule has 4 rings (SSSR count). The van der Waals surface area contributed by atoms with Crippen LogP contribution >= 0.6 is 0 Å². The molecule has 0 radical (unpaired) electrons. The number of rotatable bonds is 5. The van der Waals surface area contributed by atoms with Gasteiger partial charge in [0.25, 0.3) is 11.6 Å². The standard InChI is InChI=1S/C21H18FN3O3/c1-3-12(2)23-20(26)14-11-16(17-9-6-10-27-17)24-21-18(14)19(25-28-21)13-7-4-5-8-15(13)22/h4-12H,3H2,1-2H3,(H,23,26). The molecule has 0 fully saturated rings. The number of hydrogen-bond donors (Lipinski definition) is 1. The van der Waals surface area contributed by atoms with E-state index in [1.807, 2.05) is 13.8 Å². The van der Waals surface area contributed by atoms with E-state index >= 15 is 0 Å². The SMILES string of the molecule is CCC(C)NC(=O)c1cc(-c2ccco2)nc2onc(-c3ccccc3F)c12. The molecule has 6 nitrogen and oxygen atoms in total. The van der Waals surface area contributed by atoms with Gasteiger partial charge in [0.2, 0.25) is 0 Å². The third-order valence-corrected chi connectivity index (χ3v) is 4.58. The molecule has 0 aliphatic rings. The number of nitrogens with zero attached hydrogens (tertiary/aromatic N) is 2. The molecule has 1 N–H and O–H groups in total. The maximum absolute atomic E-state index is 14.4. The fraction of sp³-hybridized carbons (Fsp3) is 0.190. The number of pyridine rings is 1. The fourth-order valence-electron chi connectivity index (χ4n) is 2.92. The van der Waals surface area contributed by atoms with Gasteiger partial charge in [-0.2, -0.15) is 0 Å². The van der Waals surface area contributed by atoms with Crippen molar-refractivity contribution in [1.29, 1.82) is 0 Å². The summed E-state index contributed by atoms with van der Waals surface area (Å²) in [5.74, 6) is -0.278. The molecule has 3 heterocycles. The van der Waals surface area contributed by atoms with Gasteiger partial charge >= 0.3 is 0 Å². The van der Waals surface area contributed by atoms with Crippen molar-refractivity contribution in [2.24, 2.45) is 0 Å². The third-order valence-electron chi connectivity index (χ3n) is 4.58. The zero-order chi connectivity index (χ0) is 19.7. The third kappa shape index (κ3) is 3.15. The monoisotopic (exact) mass is 379 g/mol. The van der Waals surface area contributed by atoms with Crippen LogP contribution < -0.4 is 5.32 Å². The Labute approximate surface area is 160 Å². The predicted molar refractivity (Wildman–Crippen MR) is 102 cm³/mol. The van der Waals surface area contributed by atoms with Crippen molar-refractivity contribution in [3.05, 3.63) is 60.1 Å². The molecule has 28 heavy (non-hydrogen) atoms. The van der Waals surface area contributed by atoms with Gasteiger partial charge in [0.1, 0.15) is 17.2 Å². The molecule has 1 amide bonds. The second-order valence-corrected chi connectivity index (χ2v) is 6.51. The van der Waals surface area contributed by atoms with E-state index < -0.39 is 5.82 Å². The molecule has 7 heteroatoms. The molecular formula is C21H18FN3O3. The molecule has 1 aromatic carbocycles. The minimum Gasteiger partial charge on any atom is -0.463 e. The fourth-order valence-corrected chi connectivity index (χ4v) is 2.92. The quantitative estimate of drug-likeness (QED) is 0.538. The van der Waals surface area contributed by atoms with Gasteiger partial charge in [-0.3, -0.25) is 4.79 Å². The Kier molecular flexibility index (Phi) is 4.65. The Bertz CT molecular complexity index is 1140. The van der Waals surface area contributed by atoms with Crippen LogP contribution in [0.2, 0.25) is 0 Å². The number of aromatic nitrogens is 2. The van der Waals surface area contributed by atoms with E-state index in [1.54, 1.807) is 36.4 Å². The van der Waals surface area contributed by atoms with E-state index in [1.165, 1.54) is 12.3 Å². The summed E-state index contributed by atoms with van der Waals surface area (Å²) in [4.78, 5) is 17.4. The summed E-state index contributed by atoms with van der Waals surface area (Å²) in [5.41, 5.74) is 1.35. The summed E-state index contributed by atoms with van der Waals surface area (Å²) in [6, 6.07) is 11.3. The van der Waals surface area contributed by atoms with Crippen molar-refractivity contribution >= 4 is 17.0 Å². The molecule has 0 bridgehead atoms. The molecule has 3 aromatic heterocycles. The number of amides is 1. The average molecular weight is 379 g/mol.